The molecular formula is C20H29N5O2. The van der Waals surface area contributed by atoms with Crippen LogP contribution in [0.1, 0.15) is 31.7 Å². The fraction of sp³-hybridized carbons (Fsp3) is 0.550. The van der Waals surface area contributed by atoms with Crippen molar-refractivity contribution in [3.63, 3.8) is 0 Å². The molecule has 2 atom stereocenters. The van der Waals surface area contributed by atoms with Gasteiger partial charge in [0, 0.05) is 32.6 Å². The van der Waals surface area contributed by atoms with Gasteiger partial charge in [0.25, 0.3) is 0 Å². The zero-order chi connectivity index (χ0) is 19.4. The molecule has 0 spiro atoms. The molecule has 0 aromatic heterocycles. The smallest absolute Gasteiger partial charge is 0.317 e. The maximum Gasteiger partial charge on any atom is 0.317 e. The van der Waals surface area contributed by atoms with E-state index in [0.29, 0.717) is 19.5 Å². The number of nitrogens with zero attached hydrogens (tertiary/aromatic N) is 3. The summed E-state index contributed by atoms with van der Waals surface area (Å²) in [5, 5.41) is 3.01. The number of nitrogens with one attached hydrogen (secondary N) is 1. The molecule has 3 rings (SSSR count). The lowest BCUT2D eigenvalue weighted by molar-refractivity contribution is -0.129. The van der Waals surface area contributed by atoms with Crippen LogP contribution in [-0.4, -0.2) is 59.9 Å². The number of likely N-dealkylation sites (tertiary alicyclic amines) is 1. The number of aliphatic imine (C=N–C) groups is 1. The number of hydrogen-bond acceptors (Lipinski definition) is 4. The molecule has 1 fully saturated rings. The van der Waals surface area contributed by atoms with E-state index in [1.165, 1.54) is 10.5 Å². The molecule has 0 saturated carbocycles. The van der Waals surface area contributed by atoms with Gasteiger partial charge in [-0.15, -0.1) is 0 Å². The lowest BCUT2D eigenvalue weighted by Crippen LogP contribution is -2.55. The van der Waals surface area contributed by atoms with Crippen LogP contribution in [0, 0.1) is 5.92 Å². The summed E-state index contributed by atoms with van der Waals surface area (Å²) in [6.45, 7) is 3.92. The van der Waals surface area contributed by atoms with Crippen molar-refractivity contribution in [3.8, 4) is 0 Å². The number of urea groups is 1. The van der Waals surface area contributed by atoms with Gasteiger partial charge in [-0.05, 0) is 31.7 Å². The van der Waals surface area contributed by atoms with Crippen molar-refractivity contribution in [1.29, 1.82) is 0 Å². The number of piperidine rings is 1. The minimum Gasteiger partial charge on any atom is -0.369 e. The van der Waals surface area contributed by atoms with E-state index in [0.717, 1.165) is 25.8 Å². The SMILES string of the molecule is CN1C(=O)C[C@@](C)(C2CCCN(C(=O)NCCc3ccccc3)C2)N=C1N. The van der Waals surface area contributed by atoms with Crippen LogP contribution < -0.4 is 11.1 Å². The van der Waals surface area contributed by atoms with E-state index in [1.807, 2.05) is 30.0 Å². The molecule has 2 aliphatic rings. The van der Waals surface area contributed by atoms with Crippen LogP contribution in [-0.2, 0) is 11.2 Å². The Hall–Kier alpha value is -2.57. The number of carbonyl (C=O) groups excluding carboxylic acids is 2. The average molecular weight is 371 g/mol. The number of hydrogen-bond donors (Lipinski definition) is 2. The number of amides is 3. The predicted molar refractivity (Wildman–Crippen MR) is 105 cm³/mol. The first kappa shape index (κ1) is 19.2. The molecule has 3 N–H and O–H groups in total. The third kappa shape index (κ3) is 4.40. The van der Waals surface area contributed by atoms with Crippen LogP contribution in [0.25, 0.3) is 0 Å². The molecule has 0 radical (unpaired) electrons. The first-order valence-corrected chi connectivity index (χ1v) is 9.57. The Morgan fingerprint density at radius 2 is 2.11 bits per heavy atom. The number of carbonyl (C=O) groups is 2. The molecular weight excluding hydrogens is 342 g/mol. The van der Waals surface area contributed by atoms with Crippen molar-refractivity contribution < 1.29 is 9.59 Å². The largest absolute Gasteiger partial charge is 0.369 e. The average Bonchev–Trinajstić information content (AvgIpc) is 2.67. The Labute approximate surface area is 160 Å². The second kappa shape index (κ2) is 7.98. The zero-order valence-electron chi connectivity index (χ0n) is 16.1. The van der Waals surface area contributed by atoms with Gasteiger partial charge in [-0.3, -0.25) is 9.69 Å². The Morgan fingerprint density at radius 1 is 1.37 bits per heavy atom. The second-order valence-corrected chi connectivity index (χ2v) is 7.71. The zero-order valence-corrected chi connectivity index (χ0v) is 16.1. The highest BCUT2D eigenvalue weighted by atomic mass is 16.2. The molecule has 0 bridgehead atoms. The summed E-state index contributed by atoms with van der Waals surface area (Å²) in [5.74, 6) is 0.370. The van der Waals surface area contributed by atoms with Crippen molar-refractivity contribution >= 4 is 17.9 Å². The molecule has 7 heteroatoms. The lowest BCUT2D eigenvalue weighted by atomic mass is 9.77. The summed E-state index contributed by atoms with van der Waals surface area (Å²) in [5.41, 5.74) is 6.59. The van der Waals surface area contributed by atoms with Gasteiger partial charge in [0.1, 0.15) is 0 Å². The number of nitrogens with two attached hydrogens (primary N) is 1. The van der Waals surface area contributed by atoms with E-state index >= 15 is 0 Å². The molecule has 3 amide bonds. The first-order valence-electron chi connectivity index (χ1n) is 9.57. The van der Waals surface area contributed by atoms with E-state index in [4.69, 9.17) is 5.73 Å². The van der Waals surface area contributed by atoms with Crippen LogP contribution in [0.5, 0.6) is 0 Å². The molecule has 2 aliphatic heterocycles. The van der Waals surface area contributed by atoms with E-state index in [-0.39, 0.29) is 23.8 Å². The molecule has 7 nitrogen and oxygen atoms in total. The lowest BCUT2D eigenvalue weighted by Gasteiger charge is -2.43. The summed E-state index contributed by atoms with van der Waals surface area (Å²) >= 11 is 0. The van der Waals surface area contributed by atoms with Gasteiger partial charge >= 0.3 is 6.03 Å². The van der Waals surface area contributed by atoms with Crippen molar-refractivity contribution in [1.82, 2.24) is 15.1 Å². The van der Waals surface area contributed by atoms with E-state index in [1.54, 1.807) is 7.05 Å². The van der Waals surface area contributed by atoms with Crippen LogP contribution in [0.4, 0.5) is 4.79 Å². The topological polar surface area (TPSA) is 91.0 Å². The highest BCUT2D eigenvalue weighted by molar-refractivity contribution is 5.98. The van der Waals surface area contributed by atoms with Gasteiger partial charge < -0.3 is 16.0 Å². The van der Waals surface area contributed by atoms with Crippen molar-refractivity contribution in [2.45, 2.75) is 38.1 Å². The summed E-state index contributed by atoms with van der Waals surface area (Å²) in [7, 11) is 1.65. The van der Waals surface area contributed by atoms with Gasteiger partial charge in [-0.2, -0.15) is 0 Å². The van der Waals surface area contributed by atoms with Gasteiger partial charge in [-0.25, -0.2) is 9.79 Å². The predicted octanol–water partition coefficient (Wildman–Crippen LogP) is 1.59. The number of benzene rings is 1. The summed E-state index contributed by atoms with van der Waals surface area (Å²) < 4.78 is 0. The normalized spacial score (nSPS) is 25.9. The third-order valence-corrected chi connectivity index (χ3v) is 5.72. The molecule has 1 unspecified atom stereocenters. The molecule has 146 valence electrons. The van der Waals surface area contributed by atoms with Crippen LogP contribution >= 0.6 is 0 Å². The van der Waals surface area contributed by atoms with Crippen molar-refractivity contribution in [2.24, 2.45) is 16.6 Å². The molecule has 1 aromatic carbocycles. The van der Waals surface area contributed by atoms with E-state index in [2.05, 4.69) is 22.4 Å². The van der Waals surface area contributed by atoms with Crippen LogP contribution in [0.3, 0.4) is 0 Å². The number of guanidine groups is 1. The Bertz CT molecular complexity index is 720. The maximum atomic E-state index is 12.6. The molecule has 1 aromatic rings. The minimum atomic E-state index is -0.545. The maximum absolute atomic E-state index is 12.6. The van der Waals surface area contributed by atoms with Crippen molar-refractivity contribution in [2.75, 3.05) is 26.7 Å². The highest BCUT2D eigenvalue weighted by Crippen LogP contribution is 2.35. The Balaban J connectivity index is 1.57. The molecule has 2 heterocycles. The minimum absolute atomic E-state index is 0.0190. The van der Waals surface area contributed by atoms with Crippen molar-refractivity contribution in [3.05, 3.63) is 35.9 Å². The van der Waals surface area contributed by atoms with Crippen LogP contribution in [0.15, 0.2) is 35.3 Å². The fourth-order valence-corrected chi connectivity index (χ4v) is 3.90. The van der Waals surface area contributed by atoms with E-state index in [9.17, 15) is 9.59 Å². The summed E-state index contributed by atoms with van der Waals surface area (Å²) in [6, 6.07) is 10.1. The van der Waals surface area contributed by atoms with Crippen LogP contribution in [0.2, 0.25) is 0 Å². The molecule has 1 saturated heterocycles. The Kier molecular flexibility index (Phi) is 5.68. The third-order valence-electron chi connectivity index (χ3n) is 5.72. The van der Waals surface area contributed by atoms with Gasteiger partial charge in [-0.1, -0.05) is 30.3 Å². The second-order valence-electron chi connectivity index (χ2n) is 7.71. The quantitative estimate of drug-likeness (QED) is 0.842. The summed E-state index contributed by atoms with van der Waals surface area (Å²) in [6.07, 6.45) is 2.99. The van der Waals surface area contributed by atoms with Gasteiger partial charge in [0.05, 0.1) is 12.0 Å². The van der Waals surface area contributed by atoms with Gasteiger partial charge in [0.2, 0.25) is 5.91 Å². The highest BCUT2D eigenvalue weighted by Gasteiger charge is 2.43. The van der Waals surface area contributed by atoms with E-state index < -0.39 is 5.54 Å². The molecule has 0 aliphatic carbocycles. The molecule has 27 heavy (non-hydrogen) atoms. The number of rotatable bonds is 4. The monoisotopic (exact) mass is 371 g/mol. The Morgan fingerprint density at radius 3 is 2.81 bits per heavy atom. The standard InChI is InChI=1S/C20H29N5O2/c1-20(13-17(26)24(2)18(21)23-20)16-9-6-12-25(14-16)19(27)22-11-10-15-7-4-3-5-8-15/h3-5,7-8,16H,6,9-14H2,1-2H3,(H2,21,23)(H,22,27)/t16?,20-/m0/s1. The summed E-state index contributed by atoms with van der Waals surface area (Å²) in [4.78, 5) is 32.7. The van der Waals surface area contributed by atoms with Gasteiger partial charge in [0.15, 0.2) is 5.96 Å². The fourth-order valence-electron chi connectivity index (χ4n) is 3.90. The first-order chi connectivity index (χ1) is 12.9.